The van der Waals surface area contributed by atoms with Gasteiger partial charge < -0.3 is 18.9 Å². The van der Waals surface area contributed by atoms with Crippen molar-refractivity contribution in [3.63, 3.8) is 0 Å². The van der Waals surface area contributed by atoms with Crippen molar-refractivity contribution in [2.75, 3.05) is 25.2 Å². The topological polar surface area (TPSA) is 26.6 Å². The van der Waals surface area contributed by atoms with E-state index in [1.807, 2.05) is 36.5 Å². The van der Waals surface area contributed by atoms with Crippen LogP contribution in [0.2, 0.25) is 0 Å². The standard InChI is InChI=1S/C21H19F3N2O2/c1-27-19-7-5-17(6-8-19)26-11-12-28-20(26)15-9-10-25(14-15)18-4-2-3-16(13-18)21(22,23)24/h2-10,13-14,20H,11-12H2,1H3. The Kier molecular flexibility index (Phi) is 4.77. The molecule has 1 atom stereocenters. The van der Waals surface area contributed by atoms with E-state index in [-0.39, 0.29) is 6.23 Å². The lowest BCUT2D eigenvalue weighted by atomic mass is 10.2. The number of anilines is 1. The van der Waals surface area contributed by atoms with Gasteiger partial charge in [-0.1, -0.05) is 6.07 Å². The molecule has 1 aliphatic rings. The highest BCUT2D eigenvalue weighted by atomic mass is 19.4. The predicted molar refractivity (Wildman–Crippen MR) is 99.8 cm³/mol. The van der Waals surface area contributed by atoms with Gasteiger partial charge in [0.05, 0.1) is 19.3 Å². The van der Waals surface area contributed by atoms with E-state index in [2.05, 4.69) is 4.90 Å². The lowest BCUT2D eigenvalue weighted by Crippen LogP contribution is -2.22. The number of nitrogens with zero attached hydrogens (tertiary/aromatic N) is 2. The van der Waals surface area contributed by atoms with Crippen LogP contribution >= 0.6 is 0 Å². The molecule has 1 aromatic heterocycles. The molecule has 4 rings (SSSR count). The summed E-state index contributed by atoms with van der Waals surface area (Å²) in [5.74, 6) is 0.774. The number of alkyl halides is 3. The first-order valence-electron chi connectivity index (χ1n) is 8.83. The first-order chi connectivity index (χ1) is 13.5. The average molecular weight is 388 g/mol. The van der Waals surface area contributed by atoms with E-state index < -0.39 is 11.7 Å². The van der Waals surface area contributed by atoms with E-state index in [0.717, 1.165) is 35.7 Å². The summed E-state index contributed by atoms with van der Waals surface area (Å²) in [5.41, 5.74) is 1.66. The van der Waals surface area contributed by atoms with E-state index >= 15 is 0 Å². The summed E-state index contributed by atoms with van der Waals surface area (Å²) in [7, 11) is 1.62. The van der Waals surface area contributed by atoms with Crippen LogP contribution in [0.3, 0.4) is 0 Å². The zero-order valence-electron chi connectivity index (χ0n) is 15.2. The molecule has 1 fully saturated rings. The Bertz CT molecular complexity index is 951. The highest BCUT2D eigenvalue weighted by Crippen LogP contribution is 2.34. The molecule has 0 spiro atoms. The van der Waals surface area contributed by atoms with Crippen LogP contribution in [0.15, 0.2) is 67.0 Å². The lowest BCUT2D eigenvalue weighted by molar-refractivity contribution is -0.137. The van der Waals surface area contributed by atoms with Crippen LogP contribution in [0, 0.1) is 0 Å². The fraction of sp³-hybridized carbons (Fsp3) is 0.238. The normalized spacial score (nSPS) is 17.1. The zero-order valence-corrected chi connectivity index (χ0v) is 15.2. The Morgan fingerprint density at radius 3 is 2.54 bits per heavy atom. The van der Waals surface area contributed by atoms with Crippen LogP contribution in [0.25, 0.3) is 5.69 Å². The number of hydrogen-bond acceptors (Lipinski definition) is 3. The number of ether oxygens (including phenoxy) is 2. The SMILES string of the molecule is COc1ccc(N2CCOC2c2ccn(-c3cccc(C(F)(F)F)c3)c2)cc1. The Morgan fingerprint density at radius 2 is 1.82 bits per heavy atom. The van der Waals surface area contributed by atoms with Gasteiger partial charge in [-0.3, -0.25) is 0 Å². The molecular formula is C21H19F3N2O2. The number of halogens is 3. The van der Waals surface area contributed by atoms with E-state index in [9.17, 15) is 13.2 Å². The molecule has 0 bridgehead atoms. The molecule has 0 aliphatic carbocycles. The van der Waals surface area contributed by atoms with Gasteiger partial charge in [-0.25, -0.2) is 0 Å². The van der Waals surface area contributed by atoms with Gasteiger partial charge in [-0.2, -0.15) is 13.2 Å². The molecular weight excluding hydrogens is 369 g/mol. The Balaban J connectivity index is 1.59. The van der Waals surface area contributed by atoms with Gasteiger partial charge in [0.25, 0.3) is 0 Å². The third-order valence-corrected chi connectivity index (χ3v) is 4.77. The molecule has 4 nitrogen and oxygen atoms in total. The number of methoxy groups -OCH3 is 1. The van der Waals surface area contributed by atoms with Gasteiger partial charge in [0.2, 0.25) is 0 Å². The molecule has 1 saturated heterocycles. The number of hydrogen-bond donors (Lipinski definition) is 0. The molecule has 7 heteroatoms. The summed E-state index contributed by atoms with van der Waals surface area (Å²) in [6, 6.07) is 14.8. The summed E-state index contributed by atoms with van der Waals surface area (Å²) >= 11 is 0. The number of benzene rings is 2. The third-order valence-electron chi connectivity index (χ3n) is 4.77. The Morgan fingerprint density at radius 1 is 1.04 bits per heavy atom. The molecule has 0 saturated carbocycles. The quantitative estimate of drug-likeness (QED) is 0.627. The van der Waals surface area contributed by atoms with Crippen LogP contribution in [-0.4, -0.2) is 24.8 Å². The van der Waals surface area contributed by atoms with Gasteiger partial charge in [0.15, 0.2) is 6.23 Å². The van der Waals surface area contributed by atoms with Crippen molar-refractivity contribution in [3.05, 3.63) is 78.1 Å². The minimum atomic E-state index is -4.37. The smallest absolute Gasteiger partial charge is 0.416 e. The maximum atomic E-state index is 13.0. The van der Waals surface area contributed by atoms with Crippen LogP contribution in [0.5, 0.6) is 5.75 Å². The van der Waals surface area contributed by atoms with Crippen molar-refractivity contribution >= 4 is 5.69 Å². The first-order valence-corrected chi connectivity index (χ1v) is 8.83. The van der Waals surface area contributed by atoms with E-state index in [1.54, 1.807) is 23.9 Å². The summed E-state index contributed by atoms with van der Waals surface area (Å²) in [6.07, 6.45) is -1.10. The molecule has 2 aromatic carbocycles. The fourth-order valence-corrected chi connectivity index (χ4v) is 3.35. The van der Waals surface area contributed by atoms with Crippen molar-refractivity contribution in [2.45, 2.75) is 12.4 Å². The predicted octanol–water partition coefficient (Wildman–Crippen LogP) is 5.04. The van der Waals surface area contributed by atoms with Crippen LogP contribution < -0.4 is 9.64 Å². The van der Waals surface area contributed by atoms with Crippen LogP contribution in [0.4, 0.5) is 18.9 Å². The molecule has 0 N–H and O–H groups in total. The van der Waals surface area contributed by atoms with E-state index in [1.165, 1.54) is 6.07 Å². The molecule has 146 valence electrons. The number of rotatable bonds is 4. The molecule has 1 aliphatic heterocycles. The molecule has 0 amide bonds. The molecule has 2 heterocycles. The van der Waals surface area contributed by atoms with Crippen LogP contribution in [-0.2, 0) is 10.9 Å². The Labute approximate surface area is 160 Å². The van der Waals surface area contributed by atoms with Gasteiger partial charge in [0, 0.05) is 35.9 Å². The maximum absolute atomic E-state index is 13.0. The zero-order chi connectivity index (χ0) is 19.7. The highest BCUT2D eigenvalue weighted by Gasteiger charge is 2.31. The van der Waals surface area contributed by atoms with Crippen molar-refractivity contribution in [1.82, 2.24) is 4.57 Å². The average Bonchev–Trinajstić information content (AvgIpc) is 3.37. The summed E-state index contributed by atoms with van der Waals surface area (Å²) in [6.45, 7) is 1.30. The second-order valence-electron chi connectivity index (χ2n) is 6.51. The third kappa shape index (κ3) is 3.57. The minimum Gasteiger partial charge on any atom is -0.497 e. The second kappa shape index (κ2) is 7.24. The minimum absolute atomic E-state index is 0.291. The van der Waals surface area contributed by atoms with Gasteiger partial charge in [0.1, 0.15) is 5.75 Å². The van der Waals surface area contributed by atoms with Crippen molar-refractivity contribution in [1.29, 1.82) is 0 Å². The first kappa shape index (κ1) is 18.4. The maximum Gasteiger partial charge on any atom is 0.416 e. The fourth-order valence-electron chi connectivity index (χ4n) is 3.35. The van der Waals surface area contributed by atoms with E-state index in [4.69, 9.17) is 9.47 Å². The highest BCUT2D eigenvalue weighted by molar-refractivity contribution is 5.51. The summed E-state index contributed by atoms with van der Waals surface area (Å²) in [5, 5.41) is 0. The molecule has 1 unspecified atom stereocenters. The van der Waals surface area contributed by atoms with Crippen molar-refractivity contribution < 1.29 is 22.6 Å². The van der Waals surface area contributed by atoms with Gasteiger partial charge in [-0.15, -0.1) is 0 Å². The molecule has 0 radical (unpaired) electrons. The largest absolute Gasteiger partial charge is 0.497 e. The van der Waals surface area contributed by atoms with Gasteiger partial charge in [-0.05, 0) is 48.5 Å². The van der Waals surface area contributed by atoms with Gasteiger partial charge >= 0.3 is 6.18 Å². The number of aromatic nitrogens is 1. The molecule has 3 aromatic rings. The van der Waals surface area contributed by atoms with E-state index in [0.29, 0.717) is 12.3 Å². The summed E-state index contributed by atoms with van der Waals surface area (Å²) in [4.78, 5) is 2.12. The second-order valence-corrected chi connectivity index (χ2v) is 6.51. The Hall–Kier alpha value is -2.93. The van der Waals surface area contributed by atoms with Crippen molar-refractivity contribution in [2.24, 2.45) is 0 Å². The van der Waals surface area contributed by atoms with Crippen LogP contribution in [0.1, 0.15) is 17.4 Å². The summed E-state index contributed by atoms with van der Waals surface area (Å²) < 4.78 is 51.7. The van der Waals surface area contributed by atoms with Crippen molar-refractivity contribution in [3.8, 4) is 11.4 Å². The lowest BCUT2D eigenvalue weighted by Gasteiger charge is -2.24. The monoisotopic (exact) mass is 388 g/mol. The molecule has 28 heavy (non-hydrogen) atoms.